The summed E-state index contributed by atoms with van der Waals surface area (Å²) in [4.78, 5) is 31.1. The zero-order chi connectivity index (χ0) is 24.5. The maximum atomic E-state index is 14.3. The second-order valence-corrected chi connectivity index (χ2v) is 8.92. The molecular formula is C23H24F3N5O3. The number of anilines is 1. The van der Waals surface area contributed by atoms with E-state index in [1.165, 1.54) is 31.5 Å². The van der Waals surface area contributed by atoms with E-state index in [2.05, 4.69) is 20.2 Å². The molecule has 1 fully saturated rings. The third kappa shape index (κ3) is 4.79. The molecule has 2 aromatic heterocycles. The Balaban J connectivity index is 1.78. The number of aromatic amines is 1. The number of alkyl halides is 3. The van der Waals surface area contributed by atoms with Gasteiger partial charge in [-0.1, -0.05) is 0 Å². The Labute approximate surface area is 193 Å². The first-order chi connectivity index (χ1) is 16.1. The molecule has 180 valence electrons. The van der Waals surface area contributed by atoms with E-state index < -0.39 is 29.2 Å². The molecular weight excluding hydrogens is 451 g/mol. The molecule has 0 aliphatic heterocycles. The summed E-state index contributed by atoms with van der Waals surface area (Å²) in [6.07, 6.45) is 2.27. The van der Waals surface area contributed by atoms with E-state index in [0.717, 1.165) is 18.7 Å². The molecule has 1 atom stereocenters. The number of H-pyrrole nitrogens is 1. The van der Waals surface area contributed by atoms with Crippen LogP contribution in [0.3, 0.4) is 0 Å². The average molecular weight is 475 g/mol. The first-order valence-electron chi connectivity index (χ1n) is 10.9. The van der Waals surface area contributed by atoms with Crippen molar-refractivity contribution in [2.24, 2.45) is 11.8 Å². The van der Waals surface area contributed by atoms with Gasteiger partial charge in [0.05, 0.1) is 23.0 Å². The van der Waals surface area contributed by atoms with Gasteiger partial charge in [0.1, 0.15) is 18.3 Å². The zero-order valence-electron chi connectivity index (χ0n) is 18.4. The van der Waals surface area contributed by atoms with Gasteiger partial charge in [0, 0.05) is 23.1 Å². The molecule has 4 rings (SSSR count). The monoisotopic (exact) mass is 475 g/mol. The normalized spacial score (nSPS) is 20.6. The number of hydrogen-bond donors (Lipinski definition) is 2. The molecule has 2 heterocycles. The summed E-state index contributed by atoms with van der Waals surface area (Å²) in [5.74, 6) is -1.39. The van der Waals surface area contributed by atoms with Crippen LogP contribution in [0, 0.1) is 11.8 Å². The minimum Gasteiger partial charge on any atom is -0.385 e. The summed E-state index contributed by atoms with van der Waals surface area (Å²) in [5.41, 5.74) is -2.24. The Morgan fingerprint density at radius 3 is 2.62 bits per heavy atom. The Morgan fingerprint density at radius 2 is 2.00 bits per heavy atom. The lowest BCUT2D eigenvalue weighted by Crippen LogP contribution is -2.45. The Bertz CT molecular complexity index is 1170. The molecule has 1 unspecified atom stereocenters. The van der Waals surface area contributed by atoms with E-state index in [1.54, 1.807) is 0 Å². The number of hydrogen-bond acceptors (Lipinski definition) is 6. The van der Waals surface area contributed by atoms with Crippen LogP contribution in [0.15, 0.2) is 36.9 Å². The minimum absolute atomic E-state index is 0.0217. The molecule has 2 N–H and O–H groups in total. The van der Waals surface area contributed by atoms with Crippen molar-refractivity contribution in [3.8, 4) is 0 Å². The standard InChI is InChI=1S/C23H24F3N5O3/c1-22(34,10-14-2-4-15(12-32)5-3-14)17-9-19-16(11-29-30-19)8-20(17)31(23(24,25)26)21(33)18-6-7-27-13-28-18/h6-9,11-15,34H,2-5,10H2,1H3,(H,29,30). The molecule has 1 aliphatic rings. The highest BCUT2D eigenvalue weighted by Gasteiger charge is 2.46. The topological polar surface area (TPSA) is 112 Å². The molecule has 1 saturated carbocycles. The molecule has 1 aromatic carbocycles. The van der Waals surface area contributed by atoms with Gasteiger partial charge in [-0.2, -0.15) is 5.10 Å². The lowest BCUT2D eigenvalue weighted by Gasteiger charge is -2.36. The van der Waals surface area contributed by atoms with E-state index in [4.69, 9.17) is 0 Å². The van der Waals surface area contributed by atoms with Crippen LogP contribution in [0.5, 0.6) is 0 Å². The highest BCUT2D eigenvalue weighted by Crippen LogP contribution is 2.43. The van der Waals surface area contributed by atoms with Crippen molar-refractivity contribution in [3.63, 3.8) is 0 Å². The molecule has 34 heavy (non-hydrogen) atoms. The highest BCUT2D eigenvalue weighted by molar-refractivity contribution is 6.06. The fourth-order valence-electron chi connectivity index (χ4n) is 4.69. The fraction of sp³-hybridized carbons (Fsp3) is 0.435. The minimum atomic E-state index is -5.09. The lowest BCUT2D eigenvalue weighted by atomic mass is 9.75. The number of carbonyl (C=O) groups excluding carboxylic acids is 2. The largest absolute Gasteiger partial charge is 0.491 e. The number of nitrogens with one attached hydrogen (secondary N) is 1. The van der Waals surface area contributed by atoms with Gasteiger partial charge in [-0.05, 0) is 63.1 Å². The number of aromatic nitrogens is 4. The van der Waals surface area contributed by atoms with Gasteiger partial charge < -0.3 is 9.90 Å². The van der Waals surface area contributed by atoms with Crippen LogP contribution in [0.25, 0.3) is 10.9 Å². The van der Waals surface area contributed by atoms with Crippen molar-refractivity contribution in [1.82, 2.24) is 20.2 Å². The predicted octanol–water partition coefficient (Wildman–Crippen LogP) is 4.12. The van der Waals surface area contributed by atoms with Gasteiger partial charge in [-0.25, -0.2) is 14.9 Å². The van der Waals surface area contributed by atoms with E-state index in [-0.39, 0.29) is 28.7 Å². The van der Waals surface area contributed by atoms with Crippen LogP contribution in [0.4, 0.5) is 18.9 Å². The zero-order valence-corrected chi connectivity index (χ0v) is 18.4. The molecule has 1 amide bonds. The van der Waals surface area contributed by atoms with Crippen molar-refractivity contribution in [2.75, 3.05) is 4.90 Å². The van der Waals surface area contributed by atoms with Gasteiger partial charge in [-0.3, -0.25) is 9.89 Å². The summed E-state index contributed by atoms with van der Waals surface area (Å²) < 4.78 is 42.9. The maximum Gasteiger partial charge on any atom is 0.491 e. The number of fused-ring (bicyclic) bond motifs is 1. The second-order valence-electron chi connectivity index (χ2n) is 8.92. The molecule has 3 aromatic rings. The van der Waals surface area contributed by atoms with Crippen LogP contribution in [-0.4, -0.2) is 43.8 Å². The van der Waals surface area contributed by atoms with Crippen LogP contribution in [0.1, 0.15) is 55.1 Å². The van der Waals surface area contributed by atoms with Crippen LogP contribution < -0.4 is 4.90 Å². The SMILES string of the molecule is CC(O)(CC1CCC(C=O)CC1)c1cc2[nH]ncc2cc1N(C(=O)c1ccncn1)C(F)(F)F. The van der Waals surface area contributed by atoms with Crippen LogP contribution in [0.2, 0.25) is 0 Å². The van der Waals surface area contributed by atoms with Gasteiger partial charge >= 0.3 is 6.30 Å². The number of aliphatic hydroxyl groups is 1. The lowest BCUT2D eigenvalue weighted by molar-refractivity contribution is -0.122. The molecule has 1 aliphatic carbocycles. The summed E-state index contributed by atoms with van der Waals surface area (Å²) in [6.45, 7) is 1.45. The number of benzene rings is 1. The first-order valence-corrected chi connectivity index (χ1v) is 10.9. The summed E-state index contributed by atoms with van der Waals surface area (Å²) in [7, 11) is 0. The van der Waals surface area contributed by atoms with Crippen molar-refractivity contribution < 1.29 is 27.9 Å². The van der Waals surface area contributed by atoms with Crippen molar-refractivity contribution in [3.05, 3.63) is 48.2 Å². The number of amides is 1. The van der Waals surface area contributed by atoms with Crippen LogP contribution >= 0.6 is 0 Å². The molecule has 0 radical (unpaired) electrons. The maximum absolute atomic E-state index is 14.3. The van der Waals surface area contributed by atoms with Gasteiger partial charge in [0.15, 0.2) is 0 Å². The quantitative estimate of drug-likeness (QED) is 0.410. The van der Waals surface area contributed by atoms with Crippen molar-refractivity contribution in [2.45, 2.75) is 50.9 Å². The molecule has 11 heteroatoms. The molecule has 0 bridgehead atoms. The number of nitrogens with zero attached hydrogens (tertiary/aromatic N) is 4. The predicted molar refractivity (Wildman–Crippen MR) is 117 cm³/mol. The van der Waals surface area contributed by atoms with E-state index in [9.17, 15) is 27.9 Å². The molecule has 0 spiro atoms. The number of halogens is 3. The number of rotatable bonds is 6. The van der Waals surface area contributed by atoms with E-state index in [1.807, 2.05) is 0 Å². The van der Waals surface area contributed by atoms with E-state index >= 15 is 0 Å². The fourth-order valence-corrected chi connectivity index (χ4v) is 4.69. The Hall–Kier alpha value is -3.34. The second kappa shape index (κ2) is 9.13. The third-order valence-electron chi connectivity index (χ3n) is 6.41. The average Bonchev–Trinajstić information content (AvgIpc) is 3.26. The Kier molecular flexibility index (Phi) is 6.39. The molecule has 0 saturated heterocycles. The summed E-state index contributed by atoms with van der Waals surface area (Å²) in [6, 6.07) is 3.69. The summed E-state index contributed by atoms with van der Waals surface area (Å²) >= 11 is 0. The number of carbonyl (C=O) groups is 2. The Morgan fingerprint density at radius 1 is 1.26 bits per heavy atom. The van der Waals surface area contributed by atoms with E-state index in [0.29, 0.717) is 36.6 Å². The van der Waals surface area contributed by atoms with Crippen molar-refractivity contribution >= 4 is 28.8 Å². The first kappa shape index (κ1) is 23.8. The number of aldehydes is 1. The van der Waals surface area contributed by atoms with Gasteiger partial charge in [0.25, 0.3) is 5.91 Å². The van der Waals surface area contributed by atoms with Crippen molar-refractivity contribution in [1.29, 1.82) is 0 Å². The molecule has 8 nitrogen and oxygen atoms in total. The van der Waals surface area contributed by atoms with Gasteiger partial charge in [-0.15, -0.1) is 13.2 Å². The smallest absolute Gasteiger partial charge is 0.385 e. The third-order valence-corrected chi connectivity index (χ3v) is 6.41. The van der Waals surface area contributed by atoms with Crippen LogP contribution in [-0.2, 0) is 10.4 Å². The van der Waals surface area contributed by atoms with Gasteiger partial charge in [0.2, 0.25) is 0 Å². The highest BCUT2D eigenvalue weighted by atomic mass is 19.4. The summed E-state index contributed by atoms with van der Waals surface area (Å²) in [5, 5.41) is 18.4.